The summed E-state index contributed by atoms with van der Waals surface area (Å²) in [4.78, 5) is 9.57. The van der Waals surface area contributed by atoms with Crippen LogP contribution < -0.4 is 10.6 Å². The van der Waals surface area contributed by atoms with Gasteiger partial charge in [0.2, 0.25) is 16.0 Å². The summed E-state index contributed by atoms with van der Waals surface area (Å²) in [5, 5.41) is 6.62. The van der Waals surface area contributed by atoms with Gasteiger partial charge in [0.15, 0.2) is 0 Å². The molecule has 8 nitrogen and oxygen atoms in total. The molecule has 1 aromatic heterocycles. The third-order valence-electron chi connectivity index (χ3n) is 6.15. The average molecular weight is 492 g/mol. The van der Waals surface area contributed by atoms with Crippen molar-refractivity contribution in [3.8, 4) is 11.3 Å². The fourth-order valence-corrected chi connectivity index (χ4v) is 5.78. The predicted molar refractivity (Wildman–Crippen MR) is 137 cm³/mol. The second-order valence-corrected chi connectivity index (χ2v) is 10.7. The van der Waals surface area contributed by atoms with Gasteiger partial charge in [0, 0.05) is 61.2 Å². The molecule has 1 aliphatic heterocycles. The van der Waals surface area contributed by atoms with Crippen LogP contribution in [0.25, 0.3) is 11.3 Å². The van der Waals surface area contributed by atoms with Gasteiger partial charge in [-0.15, -0.1) is 0 Å². The van der Waals surface area contributed by atoms with E-state index in [4.69, 9.17) is 9.72 Å². The third-order valence-corrected chi connectivity index (χ3v) is 8.03. The van der Waals surface area contributed by atoms with Crippen LogP contribution in [0.5, 0.6) is 0 Å². The molecule has 5 rings (SSSR count). The molecular weight excluding hydrogens is 462 g/mol. The van der Waals surface area contributed by atoms with Crippen LogP contribution in [-0.4, -0.2) is 49.1 Å². The van der Waals surface area contributed by atoms with Crippen molar-refractivity contribution in [2.45, 2.75) is 30.9 Å². The molecular formula is C26H29N5O3S. The SMILES string of the molecule is CCCN(CC1C=C1)S(=O)(=O)c1ccc(Nc2ncc3c(n2)-c2ccccc2NC(OC)C3)cc1. The molecule has 2 heterocycles. The normalized spacial score (nSPS) is 16.8. The molecule has 0 radical (unpaired) electrons. The number of sulfonamides is 1. The van der Waals surface area contributed by atoms with Crippen molar-refractivity contribution < 1.29 is 13.2 Å². The van der Waals surface area contributed by atoms with Gasteiger partial charge in [-0.2, -0.15) is 4.31 Å². The van der Waals surface area contributed by atoms with Crippen molar-refractivity contribution in [3.63, 3.8) is 0 Å². The van der Waals surface area contributed by atoms with Crippen LogP contribution in [0.15, 0.2) is 71.8 Å². The van der Waals surface area contributed by atoms with Crippen molar-refractivity contribution >= 4 is 27.3 Å². The van der Waals surface area contributed by atoms with Crippen molar-refractivity contribution in [2.24, 2.45) is 5.92 Å². The van der Waals surface area contributed by atoms with Crippen molar-refractivity contribution in [1.29, 1.82) is 0 Å². The quantitative estimate of drug-likeness (QED) is 0.428. The molecule has 3 aromatic rings. The molecule has 2 N–H and O–H groups in total. The third kappa shape index (κ3) is 5.07. The fourth-order valence-electron chi connectivity index (χ4n) is 4.21. The molecule has 2 aromatic carbocycles. The number of rotatable bonds is 9. The Morgan fingerprint density at radius 1 is 1.14 bits per heavy atom. The first-order valence-electron chi connectivity index (χ1n) is 11.8. The Kier molecular flexibility index (Phi) is 6.55. The van der Waals surface area contributed by atoms with Gasteiger partial charge in [-0.1, -0.05) is 37.3 Å². The molecule has 1 atom stereocenters. The van der Waals surface area contributed by atoms with E-state index in [9.17, 15) is 8.42 Å². The van der Waals surface area contributed by atoms with E-state index in [-0.39, 0.29) is 17.0 Å². The van der Waals surface area contributed by atoms with Gasteiger partial charge in [0.05, 0.1) is 10.6 Å². The van der Waals surface area contributed by atoms with Crippen LogP contribution >= 0.6 is 0 Å². The molecule has 0 amide bonds. The number of hydrogen-bond acceptors (Lipinski definition) is 7. The van der Waals surface area contributed by atoms with Gasteiger partial charge in [-0.25, -0.2) is 18.4 Å². The molecule has 0 saturated heterocycles. The minimum atomic E-state index is -3.55. The summed E-state index contributed by atoms with van der Waals surface area (Å²) >= 11 is 0. The number of nitrogens with zero attached hydrogens (tertiary/aromatic N) is 3. The summed E-state index contributed by atoms with van der Waals surface area (Å²) in [5.41, 5.74) is 4.48. The maximum absolute atomic E-state index is 13.2. The van der Waals surface area contributed by atoms with Crippen LogP contribution in [0.2, 0.25) is 0 Å². The second-order valence-electron chi connectivity index (χ2n) is 8.75. The van der Waals surface area contributed by atoms with Crippen LogP contribution in [0.1, 0.15) is 18.9 Å². The lowest BCUT2D eigenvalue weighted by atomic mass is 10.1. The Labute approximate surface area is 206 Å². The minimum absolute atomic E-state index is 0.169. The molecule has 182 valence electrons. The van der Waals surface area contributed by atoms with Gasteiger partial charge >= 0.3 is 0 Å². The lowest BCUT2D eigenvalue weighted by molar-refractivity contribution is 0.126. The Hall–Kier alpha value is -3.27. The van der Waals surface area contributed by atoms with Gasteiger partial charge in [0.25, 0.3) is 0 Å². The predicted octanol–water partition coefficient (Wildman–Crippen LogP) is 4.41. The van der Waals surface area contributed by atoms with E-state index in [1.165, 1.54) is 0 Å². The van der Waals surface area contributed by atoms with E-state index >= 15 is 0 Å². The van der Waals surface area contributed by atoms with Crippen LogP contribution in [0, 0.1) is 5.92 Å². The van der Waals surface area contributed by atoms with E-state index < -0.39 is 10.0 Å². The number of nitrogens with one attached hydrogen (secondary N) is 2. The molecule has 9 heteroatoms. The van der Waals surface area contributed by atoms with E-state index in [0.717, 1.165) is 28.9 Å². The van der Waals surface area contributed by atoms with Crippen LogP contribution in [0.3, 0.4) is 0 Å². The first-order chi connectivity index (χ1) is 17.0. The Morgan fingerprint density at radius 2 is 1.91 bits per heavy atom. The van der Waals surface area contributed by atoms with Gasteiger partial charge in [-0.3, -0.25) is 0 Å². The zero-order valence-corrected chi connectivity index (χ0v) is 20.6. The summed E-state index contributed by atoms with van der Waals surface area (Å²) in [6.45, 7) is 2.99. The number of aromatic nitrogens is 2. The molecule has 35 heavy (non-hydrogen) atoms. The smallest absolute Gasteiger partial charge is 0.243 e. The van der Waals surface area contributed by atoms with E-state index in [1.54, 1.807) is 35.7 Å². The lowest BCUT2D eigenvalue weighted by Crippen LogP contribution is -2.33. The first kappa shape index (κ1) is 23.5. The number of methoxy groups -OCH3 is 1. The van der Waals surface area contributed by atoms with E-state index in [1.807, 2.05) is 49.5 Å². The molecule has 2 aliphatic rings. The number of benzene rings is 2. The topological polar surface area (TPSA) is 96.5 Å². The minimum Gasteiger partial charge on any atom is -0.361 e. The summed E-state index contributed by atoms with van der Waals surface area (Å²) in [6, 6.07) is 14.7. The number of hydrogen-bond donors (Lipinski definition) is 2. The summed E-state index contributed by atoms with van der Waals surface area (Å²) in [6.07, 6.45) is 7.10. The molecule has 0 saturated carbocycles. The maximum atomic E-state index is 13.2. The Balaban J connectivity index is 1.38. The number of anilines is 3. The number of para-hydroxylation sites is 1. The molecule has 0 bridgehead atoms. The van der Waals surface area contributed by atoms with Crippen molar-refractivity contribution in [3.05, 3.63) is 72.4 Å². The first-order valence-corrected chi connectivity index (χ1v) is 13.2. The van der Waals surface area contributed by atoms with Crippen molar-refractivity contribution in [2.75, 3.05) is 30.8 Å². The highest BCUT2D eigenvalue weighted by molar-refractivity contribution is 7.89. The molecule has 0 fully saturated rings. The highest BCUT2D eigenvalue weighted by Crippen LogP contribution is 2.34. The molecule has 1 unspecified atom stereocenters. The average Bonchev–Trinajstić information content (AvgIpc) is 3.70. The summed E-state index contributed by atoms with van der Waals surface area (Å²) in [7, 11) is -1.87. The zero-order valence-electron chi connectivity index (χ0n) is 19.8. The van der Waals surface area contributed by atoms with Gasteiger partial charge in [0.1, 0.15) is 6.23 Å². The molecule has 0 spiro atoms. The van der Waals surface area contributed by atoms with Crippen LogP contribution in [0.4, 0.5) is 17.3 Å². The Morgan fingerprint density at radius 3 is 2.63 bits per heavy atom. The second kappa shape index (κ2) is 9.77. The van der Waals surface area contributed by atoms with Crippen LogP contribution in [-0.2, 0) is 21.2 Å². The van der Waals surface area contributed by atoms with Crippen molar-refractivity contribution in [1.82, 2.24) is 14.3 Å². The highest BCUT2D eigenvalue weighted by atomic mass is 32.2. The lowest BCUT2D eigenvalue weighted by Gasteiger charge is -2.21. The van der Waals surface area contributed by atoms with E-state index in [2.05, 4.69) is 15.6 Å². The number of ether oxygens (including phenoxy) is 1. The van der Waals surface area contributed by atoms with E-state index in [0.29, 0.717) is 31.1 Å². The zero-order chi connectivity index (χ0) is 24.4. The number of fused-ring (bicyclic) bond motifs is 3. The summed E-state index contributed by atoms with van der Waals surface area (Å²) < 4.78 is 33.4. The highest BCUT2D eigenvalue weighted by Gasteiger charge is 2.27. The Bertz CT molecular complexity index is 1340. The standard InChI is InChI=1S/C26H29N5O3S/c1-3-14-31(17-18-8-9-18)35(32,33)21-12-10-20(11-13-21)28-26-27-16-19-15-24(34-2)29-23-7-5-4-6-22(23)25(19)30-26/h4-13,16,18,24,29H,3,14-15,17H2,1-2H3,(H,27,28,30). The van der Waals surface area contributed by atoms with Gasteiger partial charge < -0.3 is 15.4 Å². The fraction of sp³-hybridized carbons (Fsp3) is 0.308. The maximum Gasteiger partial charge on any atom is 0.243 e. The summed E-state index contributed by atoms with van der Waals surface area (Å²) in [5.74, 6) is 0.694. The monoisotopic (exact) mass is 491 g/mol. The van der Waals surface area contributed by atoms with Gasteiger partial charge in [-0.05, 0) is 36.8 Å². The largest absolute Gasteiger partial charge is 0.361 e. The molecule has 1 aliphatic carbocycles.